The number of nitrogens with zero attached hydrogens (tertiary/aromatic N) is 1. The predicted octanol–water partition coefficient (Wildman–Crippen LogP) is 3.65. The molecule has 0 aliphatic carbocycles. The number of carbonyl (C=O) groups excluding carboxylic acids is 1. The number of carbonyl (C=O) groups is 1. The van der Waals surface area contributed by atoms with Gasteiger partial charge in [-0.25, -0.2) is 13.2 Å². The molecular formula is C20H28N4O3S2. The highest BCUT2D eigenvalue weighted by atomic mass is 32.2. The van der Waals surface area contributed by atoms with Gasteiger partial charge in [0.15, 0.2) is 0 Å². The fraction of sp³-hybridized carbons (Fsp3) is 0.450. The summed E-state index contributed by atoms with van der Waals surface area (Å²) in [5, 5.41) is 7.65. The molecule has 1 aromatic heterocycles. The second-order valence-electron chi connectivity index (χ2n) is 7.04. The zero-order chi connectivity index (χ0) is 20.9. The Hall–Kier alpha value is -1.94. The van der Waals surface area contributed by atoms with Gasteiger partial charge in [0.2, 0.25) is 10.0 Å². The maximum Gasteiger partial charge on any atom is 0.319 e. The number of benzene rings is 1. The zero-order valence-corrected chi connectivity index (χ0v) is 18.2. The van der Waals surface area contributed by atoms with Crippen molar-refractivity contribution >= 4 is 33.1 Å². The smallest absolute Gasteiger partial charge is 0.319 e. The van der Waals surface area contributed by atoms with Gasteiger partial charge >= 0.3 is 6.03 Å². The summed E-state index contributed by atoms with van der Waals surface area (Å²) >= 11 is 1.57. The van der Waals surface area contributed by atoms with Crippen molar-refractivity contribution in [3.8, 4) is 0 Å². The summed E-state index contributed by atoms with van der Waals surface area (Å²) in [6.45, 7) is 3.05. The van der Waals surface area contributed by atoms with E-state index in [9.17, 15) is 13.2 Å². The van der Waals surface area contributed by atoms with Crippen LogP contribution in [0.3, 0.4) is 0 Å². The van der Waals surface area contributed by atoms with E-state index < -0.39 is 16.1 Å². The molecule has 0 spiro atoms. The van der Waals surface area contributed by atoms with Crippen LogP contribution in [0, 0.1) is 0 Å². The first-order valence-electron chi connectivity index (χ1n) is 9.90. The maximum atomic E-state index is 13.3. The van der Waals surface area contributed by atoms with Crippen LogP contribution in [0.2, 0.25) is 0 Å². The first-order chi connectivity index (χ1) is 14.0. The molecule has 1 aromatic carbocycles. The topological polar surface area (TPSA) is 105 Å². The van der Waals surface area contributed by atoms with Crippen molar-refractivity contribution in [1.29, 1.82) is 0 Å². The van der Waals surface area contributed by atoms with E-state index in [1.807, 2.05) is 24.4 Å². The van der Waals surface area contributed by atoms with E-state index in [2.05, 4.69) is 10.6 Å². The number of urea groups is 1. The lowest BCUT2D eigenvalue weighted by molar-refractivity contribution is 0.248. The minimum absolute atomic E-state index is 0.0757. The molecule has 158 valence electrons. The lowest BCUT2D eigenvalue weighted by atomic mass is 10.2. The minimum atomic E-state index is -3.75. The van der Waals surface area contributed by atoms with Crippen LogP contribution >= 0.6 is 11.3 Å². The lowest BCUT2D eigenvalue weighted by Crippen LogP contribution is -2.37. The number of thiophene rings is 1. The Kier molecular flexibility index (Phi) is 7.28. The molecule has 0 saturated carbocycles. The van der Waals surface area contributed by atoms with Crippen molar-refractivity contribution in [1.82, 2.24) is 9.62 Å². The molecule has 4 N–H and O–H groups in total. The molecule has 3 rings (SSSR count). The molecule has 1 atom stereocenters. The van der Waals surface area contributed by atoms with E-state index in [0.29, 0.717) is 18.7 Å². The van der Waals surface area contributed by atoms with E-state index in [1.165, 1.54) is 4.31 Å². The summed E-state index contributed by atoms with van der Waals surface area (Å²) in [5.41, 5.74) is 6.59. The average Bonchev–Trinajstić information content (AvgIpc) is 3.27. The van der Waals surface area contributed by atoms with Crippen LogP contribution in [0.1, 0.15) is 49.1 Å². The van der Waals surface area contributed by atoms with Gasteiger partial charge in [-0.05, 0) is 42.3 Å². The highest BCUT2D eigenvalue weighted by Gasteiger charge is 2.31. The summed E-state index contributed by atoms with van der Waals surface area (Å²) in [4.78, 5) is 13.8. The Balaban J connectivity index is 1.86. The Labute approximate surface area is 176 Å². The third kappa shape index (κ3) is 4.98. The molecule has 2 heterocycles. The van der Waals surface area contributed by atoms with Gasteiger partial charge in [-0.1, -0.05) is 31.5 Å². The summed E-state index contributed by atoms with van der Waals surface area (Å²) in [5.74, 6) is 0. The van der Waals surface area contributed by atoms with Crippen LogP contribution in [0.15, 0.2) is 40.6 Å². The van der Waals surface area contributed by atoms with Gasteiger partial charge in [0.25, 0.3) is 0 Å². The molecule has 1 fully saturated rings. The monoisotopic (exact) mass is 436 g/mol. The normalized spacial score (nSPS) is 16.3. The molecule has 0 radical (unpaired) electrons. The van der Waals surface area contributed by atoms with E-state index in [-0.39, 0.29) is 23.2 Å². The third-order valence-corrected chi connectivity index (χ3v) is 8.11. The zero-order valence-electron chi connectivity index (χ0n) is 16.6. The summed E-state index contributed by atoms with van der Waals surface area (Å²) in [6, 6.07) is 8.37. The Morgan fingerprint density at radius 3 is 2.59 bits per heavy atom. The van der Waals surface area contributed by atoms with E-state index in [0.717, 1.165) is 30.6 Å². The minimum Gasteiger partial charge on any atom is -0.330 e. The molecule has 9 heteroatoms. The molecule has 1 saturated heterocycles. The van der Waals surface area contributed by atoms with Crippen molar-refractivity contribution in [2.75, 3.05) is 18.4 Å². The maximum absolute atomic E-state index is 13.3. The van der Waals surface area contributed by atoms with Gasteiger partial charge in [-0.2, -0.15) is 4.31 Å². The standard InChI is InChI=1S/C20H28N4O3S2/c1-2-16(18-10-7-13-28-18)22-20(25)23-17-9-6-8-15(14-21)19(17)29(26,27)24-11-4-3-5-12-24/h6-10,13,16H,2-5,11-12,14,21H2,1H3,(H2,22,23,25). The number of nitrogens with two attached hydrogens (primary N) is 1. The number of hydrogen-bond acceptors (Lipinski definition) is 5. The summed E-state index contributed by atoms with van der Waals surface area (Å²) in [7, 11) is -3.75. The SMILES string of the molecule is CCC(NC(=O)Nc1cccc(CN)c1S(=O)(=O)N1CCCCC1)c1cccs1. The number of rotatable bonds is 7. The Morgan fingerprint density at radius 1 is 1.21 bits per heavy atom. The van der Waals surface area contributed by atoms with Crippen molar-refractivity contribution in [3.63, 3.8) is 0 Å². The summed E-state index contributed by atoms with van der Waals surface area (Å²) < 4.78 is 28.2. The van der Waals surface area contributed by atoms with Gasteiger partial charge in [-0.15, -0.1) is 11.3 Å². The second-order valence-corrected chi connectivity index (χ2v) is 9.89. The number of anilines is 1. The second kappa shape index (κ2) is 9.71. The molecular weight excluding hydrogens is 408 g/mol. The van der Waals surface area contributed by atoms with Crippen molar-refractivity contribution < 1.29 is 13.2 Å². The molecule has 1 aliphatic rings. The largest absolute Gasteiger partial charge is 0.330 e. The molecule has 1 unspecified atom stereocenters. The number of piperidine rings is 1. The third-order valence-electron chi connectivity index (χ3n) is 5.08. The van der Waals surface area contributed by atoms with Gasteiger partial charge in [0, 0.05) is 24.5 Å². The van der Waals surface area contributed by atoms with Crippen molar-refractivity contribution in [3.05, 3.63) is 46.2 Å². The van der Waals surface area contributed by atoms with Gasteiger partial charge in [-0.3, -0.25) is 0 Å². The Morgan fingerprint density at radius 2 is 1.97 bits per heavy atom. The van der Waals surface area contributed by atoms with Crippen molar-refractivity contribution in [2.45, 2.75) is 50.1 Å². The number of amides is 2. The van der Waals surface area contributed by atoms with Crippen LogP contribution in [0.5, 0.6) is 0 Å². The highest BCUT2D eigenvalue weighted by molar-refractivity contribution is 7.89. The molecule has 7 nitrogen and oxygen atoms in total. The first-order valence-corrected chi connectivity index (χ1v) is 12.2. The van der Waals surface area contributed by atoms with Gasteiger partial charge in [0.1, 0.15) is 4.90 Å². The van der Waals surface area contributed by atoms with Crippen LogP contribution in [0.4, 0.5) is 10.5 Å². The van der Waals surface area contributed by atoms with Crippen LogP contribution in [-0.4, -0.2) is 31.8 Å². The summed E-state index contributed by atoms with van der Waals surface area (Å²) in [6.07, 6.45) is 3.44. The van der Waals surface area contributed by atoms with Gasteiger partial charge in [0.05, 0.1) is 11.7 Å². The van der Waals surface area contributed by atoms with Crippen LogP contribution < -0.4 is 16.4 Å². The number of hydrogen-bond donors (Lipinski definition) is 3. The molecule has 0 bridgehead atoms. The fourth-order valence-corrected chi connectivity index (χ4v) is 6.30. The quantitative estimate of drug-likeness (QED) is 0.616. The van der Waals surface area contributed by atoms with E-state index in [4.69, 9.17) is 5.73 Å². The van der Waals surface area contributed by atoms with Gasteiger partial charge < -0.3 is 16.4 Å². The number of sulfonamides is 1. The fourth-order valence-electron chi connectivity index (χ4n) is 3.56. The molecule has 2 amide bonds. The molecule has 2 aromatic rings. The highest BCUT2D eigenvalue weighted by Crippen LogP contribution is 2.30. The van der Waals surface area contributed by atoms with E-state index in [1.54, 1.807) is 29.5 Å². The molecule has 29 heavy (non-hydrogen) atoms. The van der Waals surface area contributed by atoms with E-state index >= 15 is 0 Å². The lowest BCUT2D eigenvalue weighted by Gasteiger charge is -2.28. The Bertz CT molecular complexity index is 923. The molecule has 1 aliphatic heterocycles. The van der Waals surface area contributed by atoms with Crippen LogP contribution in [0.25, 0.3) is 0 Å². The predicted molar refractivity (Wildman–Crippen MR) is 116 cm³/mol. The first kappa shape index (κ1) is 21.8. The van der Waals surface area contributed by atoms with Crippen LogP contribution in [-0.2, 0) is 16.6 Å². The number of nitrogens with one attached hydrogen (secondary N) is 2. The average molecular weight is 437 g/mol. The van der Waals surface area contributed by atoms with Crippen molar-refractivity contribution in [2.24, 2.45) is 5.73 Å².